The van der Waals surface area contributed by atoms with Gasteiger partial charge in [-0.25, -0.2) is 0 Å². The van der Waals surface area contributed by atoms with Crippen molar-refractivity contribution in [2.45, 2.75) is 6.54 Å². The lowest BCUT2D eigenvalue weighted by Gasteiger charge is -2.18. The monoisotopic (exact) mass is 379 g/mol. The van der Waals surface area contributed by atoms with Crippen LogP contribution in [0.15, 0.2) is 73.4 Å². The number of H-pyrrole nitrogens is 1. The maximum absolute atomic E-state index is 13.0. The number of rotatable bonds is 7. The van der Waals surface area contributed by atoms with Crippen LogP contribution in [0.2, 0.25) is 0 Å². The normalized spacial score (nSPS) is 10.4. The predicted octanol–water partition coefficient (Wildman–Crippen LogP) is 4.37. The van der Waals surface area contributed by atoms with Crippen molar-refractivity contribution < 1.29 is 9.53 Å². The molecule has 0 aliphatic rings. The average Bonchev–Trinajstić information content (AvgIpc) is 3.08. The zero-order valence-electron chi connectivity index (χ0n) is 15.1. The first-order chi connectivity index (χ1) is 13.1. The molecule has 0 spiro atoms. The summed E-state index contributed by atoms with van der Waals surface area (Å²) in [6, 6.07) is 17.3. The molecule has 138 valence electrons. The minimum Gasteiger partial charge on any atom is -0.490 e. The molecular weight excluding hydrogens is 358 g/mol. The summed E-state index contributed by atoms with van der Waals surface area (Å²) >= 11 is 5.36. The van der Waals surface area contributed by atoms with E-state index in [0.29, 0.717) is 23.6 Å². The summed E-state index contributed by atoms with van der Waals surface area (Å²) in [5, 5.41) is 0. The molecule has 0 radical (unpaired) electrons. The summed E-state index contributed by atoms with van der Waals surface area (Å²) in [6.07, 6.45) is 3.35. The maximum atomic E-state index is 13.0. The highest BCUT2D eigenvalue weighted by Gasteiger charge is 2.18. The molecule has 1 N–H and O–H groups in total. The van der Waals surface area contributed by atoms with E-state index in [0.717, 1.165) is 17.0 Å². The standard InChI is InChI=1S/C21H21N3O2S/c1-3-13-26-18-11-9-16(10-12-18)15-23(2)20(25)19-14-22-21(27)24(19)17-7-5-4-6-8-17/h3-12,14H,1,13,15H2,2H3,(H,22,27). The number of aromatic nitrogens is 2. The fraction of sp³-hybridized carbons (Fsp3) is 0.143. The Balaban J connectivity index is 1.77. The summed E-state index contributed by atoms with van der Waals surface area (Å²) in [6.45, 7) is 4.58. The van der Waals surface area contributed by atoms with Crippen LogP contribution < -0.4 is 4.74 Å². The molecule has 2 aromatic carbocycles. The first kappa shape index (κ1) is 18.7. The second-order valence-corrected chi connectivity index (χ2v) is 6.44. The maximum Gasteiger partial charge on any atom is 0.272 e. The number of hydrogen-bond acceptors (Lipinski definition) is 3. The van der Waals surface area contributed by atoms with Gasteiger partial charge in [0.1, 0.15) is 18.1 Å². The number of benzene rings is 2. The largest absolute Gasteiger partial charge is 0.490 e. The van der Waals surface area contributed by atoms with Gasteiger partial charge in [-0.15, -0.1) is 0 Å². The molecule has 6 heteroatoms. The van der Waals surface area contributed by atoms with E-state index in [4.69, 9.17) is 17.0 Å². The van der Waals surface area contributed by atoms with Gasteiger partial charge in [0.2, 0.25) is 0 Å². The third-order valence-corrected chi connectivity index (χ3v) is 4.37. The fourth-order valence-corrected chi connectivity index (χ4v) is 3.01. The van der Waals surface area contributed by atoms with Crippen molar-refractivity contribution >= 4 is 18.1 Å². The van der Waals surface area contributed by atoms with Crippen LogP contribution in [0.4, 0.5) is 0 Å². The topological polar surface area (TPSA) is 50.3 Å². The SMILES string of the molecule is C=CCOc1ccc(CN(C)C(=O)c2c[nH]c(=S)n2-c2ccccc2)cc1. The highest BCUT2D eigenvalue weighted by Crippen LogP contribution is 2.17. The van der Waals surface area contributed by atoms with Crippen LogP contribution in [0.1, 0.15) is 16.1 Å². The Bertz CT molecular complexity index is 975. The van der Waals surface area contributed by atoms with Crippen molar-refractivity contribution in [1.82, 2.24) is 14.5 Å². The lowest BCUT2D eigenvalue weighted by molar-refractivity contribution is 0.0777. The Kier molecular flexibility index (Phi) is 5.88. The molecule has 1 aromatic heterocycles. The van der Waals surface area contributed by atoms with Gasteiger partial charge in [-0.1, -0.05) is 43.0 Å². The van der Waals surface area contributed by atoms with Crippen LogP contribution in [0.5, 0.6) is 5.75 Å². The highest BCUT2D eigenvalue weighted by atomic mass is 32.1. The van der Waals surface area contributed by atoms with E-state index >= 15 is 0 Å². The minimum absolute atomic E-state index is 0.113. The molecule has 0 unspecified atom stereocenters. The molecule has 0 saturated carbocycles. The number of para-hydroxylation sites is 1. The van der Waals surface area contributed by atoms with Gasteiger partial charge in [-0.2, -0.15) is 0 Å². The summed E-state index contributed by atoms with van der Waals surface area (Å²) in [7, 11) is 1.77. The van der Waals surface area contributed by atoms with Crippen molar-refractivity contribution in [2.24, 2.45) is 0 Å². The van der Waals surface area contributed by atoms with Crippen molar-refractivity contribution in [3.8, 4) is 11.4 Å². The number of carbonyl (C=O) groups is 1. The smallest absolute Gasteiger partial charge is 0.272 e. The quantitative estimate of drug-likeness (QED) is 0.490. The summed E-state index contributed by atoms with van der Waals surface area (Å²) < 4.78 is 7.72. The summed E-state index contributed by atoms with van der Waals surface area (Å²) in [5.74, 6) is 0.661. The van der Waals surface area contributed by atoms with Gasteiger partial charge in [0.25, 0.3) is 5.91 Å². The zero-order valence-corrected chi connectivity index (χ0v) is 15.9. The van der Waals surface area contributed by atoms with Gasteiger partial charge >= 0.3 is 0 Å². The number of nitrogens with one attached hydrogen (secondary N) is 1. The summed E-state index contributed by atoms with van der Waals surface area (Å²) in [4.78, 5) is 17.6. The van der Waals surface area contributed by atoms with Gasteiger partial charge in [-0.05, 0) is 42.0 Å². The number of amides is 1. The van der Waals surface area contributed by atoms with E-state index in [2.05, 4.69) is 11.6 Å². The Morgan fingerprint density at radius 3 is 2.59 bits per heavy atom. The Morgan fingerprint density at radius 1 is 1.22 bits per heavy atom. The molecule has 0 saturated heterocycles. The molecule has 0 aliphatic carbocycles. The second kappa shape index (κ2) is 8.51. The van der Waals surface area contributed by atoms with E-state index in [1.54, 1.807) is 28.8 Å². The average molecular weight is 379 g/mol. The molecule has 0 bridgehead atoms. The summed E-state index contributed by atoms with van der Waals surface area (Å²) in [5.41, 5.74) is 2.36. The van der Waals surface area contributed by atoms with Crippen molar-refractivity contribution in [1.29, 1.82) is 0 Å². The lowest BCUT2D eigenvalue weighted by atomic mass is 10.2. The van der Waals surface area contributed by atoms with Gasteiger partial charge in [0.15, 0.2) is 4.77 Å². The van der Waals surface area contributed by atoms with E-state index in [9.17, 15) is 4.79 Å². The Labute approximate surface area is 163 Å². The van der Waals surface area contributed by atoms with Gasteiger partial charge in [0, 0.05) is 25.5 Å². The molecule has 3 aromatic rings. The number of carbonyl (C=O) groups excluding carboxylic acids is 1. The number of imidazole rings is 1. The molecule has 0 aliphatic heterocycles. The third kappa shape index (κ3) is 4.35. The number of aromatic amines is 1. The van der Waals surface area contributed by atoms with Crippen LogP contribution in [-0.2, 0) is 6.54 Å². The van der Waals surface area contributed by atoms with Crippen LogP contribution >= 0.6 is 12.2 Å². The molecule has 0 fully saturated rings. The van der Waals surface area contributed by atoms with E-state index in [1.165, 1.54) is 0 Å². The van der Waals surface area contributed by atoms with Crippen LogP contribution in [-0.4, -0.2) is 34.0 Å². The van der Waals surface area contributed by atoms with Crippen LogP contribution in [0, 0.1) is 4.77 Å². The van der Waals surface area contributed by atoms with Crippen molar-refractivity contribution in [2.75, 3.05) is 13.7 Å². The van der Waals surface area contributed by atoms with E-state index in [1.807, 2.05) is 54.6 Å². The van der Waals surface area contributed by atoms with Crippen molar-refractivity contribution in [3.05, 3.63) is 89.5 Å². The second-order valence-electron chi connectivity index (χ2n) is 6.05. The van der Waals surface area contributed by atoms with Gasteiger partial charge < -0.3 is 14.6 Å². The molecule has 0 atom stereocenters. The fourth-order valence-electron chi connectivity index (χ4n) is 2.75. The van der Waals surface area contributed by atoms with Crippen LogP contribution in [0.25, 0.3) is 5.69 Å². The molecule has 5 nitrogen and oxygen atoms in total. The molecule has 1 amide bonds. The first-order valence-electron chi connectivity index (χ1n) is 8.54. The molecular formula is C21H21N3O2S. The van der Waals surface area contributed by atoms with Crippen LogP contribution in [0.3, 0.4) is 0 Å². The third-order valence-electron chi connectivity index (χ3n) is 4.07. The van der Waals surface area contributed by atoms with Gasteiger partial charge in [0.05, 0.1) is 0 Å². The van der Waals surface area contributed by atoms with E-state index in [-0.39, 0.29) is 5.91 Å². The minimum atomic E-state index is -0.113. The lowest BCUT2D eigenvalue weighted by Crippen LogP contribution is -2.28. The first-order valence-corrected chi connectivity index (χ1v) is 8.95. The Hall–Kier alpha value is -3.12. The molecule has 27 heavy (non-hydrogen) atoms. The Morgan fingerprint density at radius 2 is 1.93 bits per heavy atom. The highest BCUT2D eigenvalue weighted by molar-refractivity contribution is 7.71. The number of hydrogen-bond donors (Lipinski definition) is 1. The predicted molar refractivity (Wildman–Crippen MR) is 109 cm³/mol. The molecule has 3 rings (SSSR count). The van der Waals surface area contributed by atoms with Crippen molar-refractivity contribution in [3.63, 3.8) is 0 Å². The van der Waals surface area contributed by atoms with E-state index < -0.39 is 0 Å². The molecule has 1 heterocycles. The zero-order chi connectivity index (χ0) is 19.2. The number of ether oxygens (including phenoxy) is 1. The van der Waals surface area contributed by atoms with Gasteiger partial charge in [-0.3, -0.25) is 9.36 Å². The number of nitrogens with zero attached hydrogens (tertiary/aromatic N) is 2.